The lowest BCUT2D eigenvalue weighted by molar-refractivity contribution is -0.119. The molecule has 1 N–H and O–H groups in total. The maximum Gasteiger partial charge on any atom is 0.339 e. The van der Waals surface area contributed by atoms with Crippen molar-refractivity contribution in [1.29, 1.82) is 0 Å². The number of amides is 1. The van der Waals surface area contributed by atoms with Crippen LogP contribution < -0.4 is 5.32 Å². The first-order valence-corrected chi connectivity index (χ1v) is 9.32. The number of hydrogen-bond acceptors (Lipinski definition) is 6. The Hall–Kier alpha value is -3.22. The van der Waals surface area contributed by atoms with E-state index in [0.29, 0.717) is 23.1 Å². The fraction of sp³-hybridized carbons (Fsp3) is 0.333. The molecule has 7 nitrogen and oxygen atoms in total. The number of hydrogen-bond donors (Lipinski definition) is 1. The van der Waals surface area contributed by atoms with Crippen LogP contribution >= 0.6 is 0 Å². The monoisotopic (exact) mass is 379 g/mol. The number of carbonyl (C=O) groups excluding carboxylic acids is 2. The zero-order valence-corrected chi connectivity index (χ0v) is 15.8. The van der Waals surface area contributed by atoms with Crippen molar-refractivity contribution < 1.29 is 18.8 Å². The van der Waals surface area contributed by atoms with Gasteiger partial charge in [0.25, 0.3) is 5.91 Å². The Morgan fingerprint density at radius 1 is 1.32 bits per heavy atom. The standard InChI is InChI=1S/C21H21N3O4/c1-12-7-8-17-15(9-12)20(14-5-3-4-6-16(14)22-17)21(26)27-11-19(25)23-18-10-13(2)28-24-18/h3-6,10,12H,7-9,11H2,1-2H3,(H,23,24,25)/t12-/m0/s1. The van der Waals surface area contributed by atoms with Crippen LogP contribution in [0.2, 0.25) is 0 Å². The second kappa shape index (κ2) is 7.42. The van der Waals surface area contributed by atoms with Crippen molar-refractivity contribution in [3.8, 4) is 0 Å². The molecule has 3 aromatic rings. The van der Waals surface area contributed by atoms with Crippen molar-refractivity contribution in [3.05, 3.63) is 52.9 Å². The summed E-state index contributed by atoms with van der Waals surface area (Å²) in [5, 5.41) is 6.99. The number of anilines is 1. The number of ether oxygens (including phenoxy) is 1. The van der Waals surface area contributed by atoms with Crippen molar-refractivity contribution in [2.45, 2.75) is 33.1 Å². The number of carbonyl (C=O) groups is 2. The Bertz CT molecular complexity index is 1060. The van der Waals surface area contributed by atoms with Crippen LogP contribution in [0.5, 0.6) is 0 Å². The second-order valence-electron chi connectivity index (χ2n) is 7.22. The molecular formula is C21H21N3O4. The first-order chi connectivity index (χ1) is 13.5. The summed E-state index contributed by atoms with van der Waals surface area (Å²) in [6, 6.07) is 9.13. The van der Waals surface area contributed by atoms with Gasteiger partial charge in [0.05, 0.1) is 11.1 Å². The number of aryl methyl sites for hydroxylation is 2. The molecule has 28 heavy (non-hydrogen) atoms. The molecule has 2 heterocycles. The van der Waals surface area contributed by atoms with Gasteiger partial charge in [0, 0.05) is 17.1 Å². The van der Waals surface area contributed by atoms with Gasteiger partial charge in [-0.1, -0.05) is 30.3 Å². The summed E-state index contributed by atoms with van der Waals surface area (Å²) in [5.74, 6) is 0.369. The number of esters is 1. The third kappa shape index (κ3) is 3.60. The molecule has 4 rings (SSSR count). The molecule has 0 saturated carbocycles. The Labute approximate surface area is 162 Å². The zero-order valence-electron chi connectivity index (χ0n) is 15.8. The zero-order chi connectivity index (χ0) is 19.7. The molecule has 0 aliphatic heterocycles. The SMILES string of the molecule is Cc1cc(NC(=O)COC(=O)c2c3c(nc4ccccc24)CC[C@H](C)C3)no1. The molecule has 0 spiro atoms. The van der Waals surface area contributed by atoms with E-state index in [9.17, 15) is 9.59 Å². The van der Waals surface area contributed by atoms with Crippen LogP contribution in [0.1, 0.15) is 40.7 Å². The number of fused-ring (bicyclic) bond motifs is 2. The molecule has 1 amide bonds. The lowest BCUT2D eigenvalue weighted by Gasteiger charge is -2.24. The summed E-state index contributed by atoms with van der Waals surface area (Å²) < 4.78 is 10.2. The Morgan fingerprint density at radius 2 is 2.14 bits per heavy atom. The van der Waals surface area contributed by atoms with E-state index in [1.807, 2.05) is 24.3 Å². The minimum absolute atomic E-state index is 0.291. The highest BCUT2D eigenvalue weighted by atomic mass is 16.5. The van der Waals surface area contributed by atoms with Gasteiger partial charge >= 0.3 is 5.97 Å². The number of para-hydroxylation sites is 1. The summed E-state index contributed by atoms with van der Waals surface area (Å²) in [5.41, 5.74) is 3.18. The molecule has 1 aliphatic rings. The Kier molecular flexibility index (Phi) is 4.81. The van der Waals surface area contributed by atoms with Gasteiger partial charge in [-0.05, 0) is 43.7 Å². The predicted molar refractivity (Wildman–Crippen MR) is 103 cm³/mol. The normalized spacial score (nSPS) is 15.9. The van der Waals surface area contributed by atoms with Crippen LogP contribution in [0.15, 0.2) is 34.9 Å². The first kappa shape index (κ1) is 18.2. The van der Waals surface area contributed by atoms with E-state index in [2.05, 4.69) is 17.4 Å². The fourth-order valence-electron chi connectivity index (χ4n) is 3.60. The number of rotatable bonds is 4. The van der Waals surface area contributed by atoms with Crippen LogP contribution in [0.25, 0.3) is 10.9 Å². The lowest BCUT2D eigenvalue weighted by Crippen LogP contribution is -2.23. The number of nitrogens with zero attached hydrogens (tertiary/aromatic N) is 2. The van der Waals surface area contributed by atoms with E-state index in [1.54, 1.807) is 13.0 Å². The van der Waals surface area contributed by atoms with Crippen LogP contribution in [0.3, 0.4) is 0 Å². The van der Waals surface area contributed by atoms with Crippen molar-refractivity contribution in [2.24, 2.45) is 5.92 Å². The van der Waals surface area contributed by atoms with Crippen molar-refractivity contribution in [1.82, 2.24) is 10.1 Å². The third-order valence-electron chi connectivity index (χ3n) is 4.94. The average molecular weight is 379 g/mol. The molecule has 0 radical (unpaired) electrons. The highest BCUT2D eigenvalue weighted by Gasteiger charge is 2.26. The van der Waals surface area contributed by atoms with Gasteiger partial charge in [-0.3, -0.25) is 9.78 Å². The van der Waals surface area contributed by atoms with E-state index in [4.69, 9.17) is 14.2 Å². The molecule has 144 valence electrons. The van der Waals surface area contributed by atoms with Gasteiger partial charge in [0.1, 0.15) is 5.76 Å². The molecule has 1 aromatic carbocycles. The fourth-order valence-corrected chi connectivity index (χ4v) is 3.60. The number of benzene rings is 1. The number of aromatic nitrogens is 2. The quantitative estimate of drug-likeness (QED) is 0.698. The maximum absolute atomic E-state index is 12.9. The highest BCUT2D eigenvalue weighted by molar-refractivity contribution is 6.06. The minimum atomic E-state index is -0.504. The summed E-state index contributed by atoms with van der Waals surface area (Å²) >= 11 is 0. The van der Waals surface area contributed by atoms with E-state index in [0.717, 1.165) is 41.4 Å². The van der Waals surface area contributed by atoms with E-state index < -0.39 is 18.5 Å². The molecule has 1 atom stereocenters. The molecule has 0 bridgehead atoms. The molecule has 0 saturated heterocycles. The Balaban J connectivity index is 1.58. The molecule has 0 fully saturated rings. The van der Waals surface area contributed by atoms with Gasteiger partial charge in [-0.2, -0.15) is 0 Å². The van der Waals surface area contributed by atoms with Crippen LogP contribution in [-0.2, 0) is 22.4 Å². The van der Waals surface area contributed by atoms with E-state index in [1.165, 1.54) is 0 Å². The van der Waals surface area contributed by atoms with Gasteiger partial charge in [-0.15, -0.1) is 0 Å². The molecule has 7 heteroatoms. The van der Waals surface area contributed by atoms with Crippen molar-refractivity contribution in [2.75, 3.05) is 11.9 Å². The first-order valence-electron chi connectivity index (χ1n) is 9.32. The summed E-state index contributed by atoms with van der Waals surface area (Å²) in [6.07, 6.45) is 2.67. The topological polar surface area (TPSA) is 94.3 Å². The van der Waals surface area contributed by atoms with Crippen molar-refractivity contribution in [3.63, 3.8) is 0 Å². The number of pyridine rings is 1. The third-order valence-corrected chi connectivity index (χ3v) is 4.94. The summed E-state index contributed by atoms with van der Waals surface area (Å²) in [6.45, 7) is 3.49. The number of nitrogens with one attached hydrogen (secondary N) is 1. The summed E-state index contributed by atoms with van der Waals surface area (Å²) in [4.78, 5) is 29.8. The summed E-state index contributed by atoms with van der Waals surface area (Å²) in [7, 11) is 0. The van der Waals surface area contributed by atoms with Gasteiger partial charge in [0.2, 0.25) is 0 Å². The van der Waals surface area contributed by atoms with Gasteiger partial charge in [0.15, 0.2) is 12.4 Å². The van der Waals surface area contributed by atoms with E-state index >= 15 is 0 Å². The van der Waals surface area contributed by atoms with Crippen LogP contribution in [0.4, 0.5) is 5.82 Å². The lowest BCUT2D eigenvalue weighted by atomic mass is 9.84. The predicted octanol–water partition coefficient (Wildman–Crippen LogP) is 3.45. The Morgan fingerprint density at radius 3 is 2.93 bits per heavy atom. The van der Waals surface area contributed by atoms with Gasteiger partial charge in [-0.25, -0.2) is 4.79 Å². The smallest absolute Gasteiger partial charge is 0.339 e. The largest absolute Gasteiger partial charge is 0.452 e. The molecule has 2 aromatic heterocycles. The highest BCUT2D eigenvalue weighted by Crippen LogP contribution is 2.32. The average Bonchev–Trinajstić information content (AvgIpc) is 3.09. The van der Waals surface area contributed by atoms with E-state index in [-0.39, 0.29) is 0 Å². The molecule has 0 unspecified atom stereocenters. The van der Waals surface area contributed by atoms with Crippen LogP contribution in [-0.4, -0.2) is 28.6 Å². The van der Waals surface area contributed by atoms with Crippen molar-refractivity contribution >= 4 is 28.6 Å². The minimum Gasteiger partial charge on any atom is -0.452 e. The second-order valence-corrected chi connectivity index (χ2v) is 7.22. The van der Waals surface area contributed by atoms with Crippen LogP contribution in [0, 0.1) is 12.8 Å². The maximum atomic E-state index is 12.9. The molecule has 1 aliphatic carbocycles. The molecular weight excluding hydrogens is 358 g/mol. The van der Waals surface area contributed by atoms with Gasteiger partial charge < -0.3 is 14.6 Å².